The number of aromatic amines is 1. The molecule has 3 aromatic heterocycles. The molecule has 0 atom stereocenters. The molecule has 0 radical (unpaired) electrons. The Morgan fingerprint density at radius 1 is 1.12 bits per heavy atom. The van der Waals surface area contributed by atoms with Crippen LogP contribution >= 0.6 is 11.8 Å². The van der Waals surface area contributed by atoms with Gasteiger partial charge in [-0.1, -0.05) is 47.3 Å². The van der Waals surface area contributed by atoms with Crippen LogP contribution in [-0.2, 0) is 4.79 Å². The van der Waals surface area contributed by atoms with Gasteiger partial charge in [-0.25, -0.2) is 0 Å². The van der Waals surface area contributed by atoms with Gasteiger partial charge in [-0.2, -0.15) is 0 Å². The molecule has 0 fully saturated rings. The average Bonchev–Trinajstić information content (AvgIpc) is 3.50. The Morgan fingerprint density at radius 2 is 2.00 bits per heavy atom. The molecule has 1 amide bonds. The van der Waals surface area contributed by atoms with Crippen LogP contribution in [0.15, 0.2) is 70.5 Å². The molecular formula is C23H20N6O2S. The molecule has 9 heteroatoms. The second-order valence-corrected chi connectivity index (χ2v) is 8.34. The first kappa shape index (κ1) is 20.1. The monoisotopic (exact) mass is 444 g/mol. The van der Waals surface area contributed by atoms with Gasteiger partial charge in [0, 0.05) is 34.4 Å². The highest BCUT2D eigenvalue weighted by molar-refractivity contribution is 7.99. The zero-order chi connectivity index (χ0) is 22.1. The van der Waals surface area contributed by atoms with Crippen LogP contribution in [0.2, 0.25) is 0 Å². The van der Waals surface area contributed by atoms with Crippen molar-refractivity contribution in [2.75, 3.05) is 11.1 Å². The molecule has 0 unspecified atom stereocenters. The van der Waals surface area contributed by atoms with Gasteiger partial charge in [0.05, 0.1) is 11.4 Å². The number of benzene rings is 2. The third-order valence-corrected chi connectivity index (χ3v) is 5.88. The number of hydrogen-bond acceptors (Lipinski definition) is 6. The number of anilines is 1. The van der Waals surface area contributed by atoms with Crippen LogP contribution in [0, 0.1) is 13.8 Å². The number of aromatic nitrogens is 5. The number of carbonyl (C=O) groups excluding carboxylic acids is 1. The van der Waals surface area contributed by atoms with Gasteiger partial charge in [-0.05, 0) is 37.6 Å². The second-order valence-electron chi connectivity index (χ2n) is 7.40. The van der Waals surface area contributed by atoms with Crippen molar-refractivity contribution in [3.8, 4) is 17.1 Å². The Labute approximate surface area is 188 Å². The van der Waals surface area contributed by atoms with Crippen LogP contribution in [-0.4, -0.2) is 36.6 Å². The van der Waals surface area contributed by atoms with Crippen LogP contribution in [0.5, 0.6) is 0 Å². The van der Waals surface area contributed by atoms with E-state index in [1.165, 1.54) is 11.8 Å². The number of aryl methyl sites for hydroxylation is 2. The van der Waals surface area contributed by atoms with Gasteiger partial charge < -0.3 is 9.51 Å². The second kappa shape index (κ2) is 8.35. The molecule has 0 saturated heterocycles. The fourth-order valence-corrected chi connectivity index (χ4v) is 4.27. The third-order valence-electron chi connectivity index (χ3n) is 4.95. The smallest absolute Gasteiger partial charge is 0.237 e. The molecule has 3 heterocycles. The quantitative estimate of drug-likeness (QED) is 0.367. The minimum atomic E-state index is -0.210. The number of rotatable bonds is 6. The van der Waals surface area contributed by atoms with Gasteiger partial charge in [0.2, 0.25) is 11.8 Å². The molecule has 0 aliphatic heterocycles. The van der Waals surface area contributed by atoms with Crippen molar-refractivity contribution in [2.24, 2.45) is 0 Å². The Kier molecular flexibility index (Phi) is 5.24. The average molecular weight is 445 g/mol. The SMILES string of the molecule is Cc1cccc(-n2c(SCC(=O)Nc3cc(C)no3)nnc2-c2c[nH]c3ccccc23)c1. The lowest BCUT2D eigenvalue weighted by atomic mass is 10.1. The lowest BCUT2D eigenvalue weighted by molar-refractivity contribution is -0.113. The van der Waals surface area contributed by atoms with E-state index in [0.717, 1.165) is 27.7 Å². The standard InChI is InChI=1S/C23H20N6O2S/c1-14-6-5-7-16(10-14)29-22(18-12-24-19-9-4-3-8-17(18)19)26-27-23(29)32-13-20(30)25-21-11-15(2)28-31-21/h3-12,24H,13H2,1-2H3,(H,25,30). The molecule has 5 rings (SSSR count). The summed E-state index contributed by atoms with van der Waals surface area (Å²) in [5, 5.41) is 17.1. The molecule has 0 spiro atoms. The molecule has 0 bridgehead atoms. The Hall–Kier alpha value is -3.85. The third kappa shape index (κ3) is 3.90. The van der Waals surface area contributed by atoms with Crippen LogP contribution < -0.4 is 5.32 Å². The molecule has 32 heavy (non-hydrogen) atoms. The van der Waals surface area contributed by atoms with E-state index in [2.05, 4.69) is 37.8 Å². The van der Waals surface area contributed by atoms with Crippen LogP contribution in [0.25, 0.3) is 28.0 Å². The molecule has 0 saturated carbocycles. The van der Waals surface area contributed by atoms with E-state index < -0.39 is 0 Å². The highest BCUT2D eigenvalue weighted by atomic mass is 32.2. The van der Waals surface area contributed by atoms with Crippen molar-refractivity contribution < 1.29 is 9.32 Å². The minimum Gasteiger partial charge on any atom is -0.360 e. The van der Waals surface area contributed by atoms with Crippen molar-refractivity contribution in [3.05, 3.63) is 72.1 Å². The fraction of sp³-hybridized carbons (Fsp3) is 0.130. The van der Waals surface area contributed by atoms with E-state index in [0.29, 0.717) is 22.6 Å². The number of H-pyrrole nitrogens is 1. The van der Waals surface area contributed by atoms with E-state index in [9.17, 15) is 4.79 Å². The number of nitrogens with zero attached hydrogens (tertiary/aromatic N) is 4. The Bertz CT molecular complexity index is 1420. The number of amides is 1. The minimum absolute atomic E-state index is 0.150. The van der Waals surface area contributed by atoms with Crippen molar-refractivity contribution in [1.29, 1.82) is 0 Å². The van der Waals surface area contributed by atoms with Crippen molar-refractivity contribution in [3.63, 3.8) is 0 Å². The van der Waals surface area contributed by atoms with Crippen LogP contribution in [0.3, 0.4) is 0 Å². The molecule has 0 aliphatic carbocycles. The van der Waals surface area contributed by atoms with E-state index in [1.54, 1.807) is 13.0 Å². The number of nitrogens with one attached hydrogen (secondary N) is 2. The summed E-state index contributed by atoms with van der Waals surface area (Å²) < 4.78 is 7.04. The van der Waals surface area contributed by atoms with Crippen molar-refractivity contribution in [2.45, 2.75) is 19.0 Å². The van der Waals surface area contributed by atoms with Crippen LogP contribution in [0.4, 0.5) is 5.88 Å². The molecular weight excluding hydrogens is 424 g/mol. The van der Waals surface area contributed by atoms with Crippen LogP contribution in [0.1, 0.15) is 11.3 Å². The van der Waals surface area contributed by atoms with Gasteiger partial charge >= 0.3 is 0 Å². The van der Waals surface area contributed by atoms with Gasteiger partial charge in [-0.15, -0.1) is 10.2 Å². The van der Waals surface area contributed by atoms with Gasteiger partial charge in [0.25, 0.3) is 0 Å². The predicted molar refractivity (Wildman–Crippen MR) is 124 cm³/mol. The Balaban J connectivity index is 1.49. The first-order valence-electron chi connectivity index (χ1n) is 10.0. The fourth-order valence-electron chi connectivity index (χ4n) is 3.52. The molecule has 2 aromatic carbocycles. The first-order chi connectivity index (χ1) is 15.6. The zero-order valence-electron chi connectivity index (χ0n) is 17.5. The van der Waals surface area contributed by atoms with E-state index >= 15 is 0 Å². The predicted octanol–water partition coefficient (Wildman–Crippen LogP) is 4.75. The summed E-state index contributed by atoms with van der Waals surface area (Å²) >= 11 is 1.31. The van der Waals surface area contributed by atoms with Gasteiger partial charge in [0.1, 0.15) is 0 Å². The number of fused-ring (bicyclic) bond motifs is 1. The summed E-state index contributed by atoms with van der Waals surface area (Å²) in [6, 6.07) is 17.9. The summed E-state index contributed by atoms with van der Waals surface area (Å²) in [7, 11) is 0. The summed E-state index contributed by atoms with van der Waals surface area (Å²) in [5.41, 5.74) is 4.73. The lowest BCUT2D eigenvalue weighted by Gasteiger charge is -2.10. The van der Waals surface area contributed by atoms with Gasteiger partial charge in [0.15, 0.2) is 11.0 Å². The highest BCUT2D eigenvalue weighted by Crippen LogP contribution is 2.32. The molecule has 5 aromatic rings. The molecule has 0 aliphatic rings. The van der Waals surface area contributed by atoms with Crippen molar-refractivity contribution >= 4 is 34.5 Å². The van der Waals surface area contributed by atoms with Gasteiger partial charge in [-0.3, -0.25) is 14.7 Å². The summed E-state index contributed by atoms with van der Waals surface area (Å²) in [4.78, 5) is 15.7. The van der Waals surface area contributed by atoms with Crippen molar-refractivity contribution in [1.82, 2.24) is 24.9 Å². The summed E-state index contributed by atoms with van der Waals surface area (Å²) in [6.45, 7) is 3.84. The topological polar surface area (TPSA) is 102 Å². The summed E-state index contributed by atoms with van der Waals surface area (Å²) in [5.74, 6) is 0.977. The number of thioether (sulfide) groups is 1. The Morgan fingerprint density at radius 3 is 2.81 bits per heavy atom. The first-order valence-corrected chi connectivity index (χ1v) is 11.0. The number of carbonyl (C=O) groups is 1. The largest absolute Gasteiger partial charge is 0.360 e. The van der Waals surface area contributed by atoms with E-state index in [1.807, 2.05) is 54.1 Å². The summed E-state index contributed by atoms with van der Waals surface area (Å²) in [6.07, 6.45) is 1.94. The molecule has 2 N–H and O–H groups in total. The maximum atomic E-state index is 12.4. The zero-order valence-corrected chi connectivity index (χ0v) is 18.3. The number of para-hydroxylation sites is 1. The molecule has 8 nitrogen and oxygen atoms in total. The van der Waals surface area contributed by atoms with E-state index in [4.69, 9.17) is 4.52 Å². The highest BCUT2D eigenvalue weighted by Gasteiger charge is 2.20. The molecule has 160 valence electrons. The number of hydrogen-bond donors (Lipinski definition) is 2. The lowest BCUT2D eigenvalue weighted by Crippen LogP contribution is -2.14. The maximum Gasteiger partial charge on any atom is 0.237 e. The normalized spacial score (nSPS) is 11.2. The maximum absolute atomic E-state index is 12.4. The van der Waals surface area contributed by atoms with E-state index in [-0.39, 0.29) is 11.7 Å².